The van der Waals surface area contributed by atoms with Crippen LogP contribution in [-0.4, -0.2) is 18.6 Å². The molecule has 0 spiro atoms. The average molecular weight is 245 g/mol. The quantitative estimate of drug-likeness (QED) is 0.832. The highest BCUT2D eigenvalue weighted by atomic mass is 35.5. The Morgan fingerprint density at radius 2 is 2.53 bits per heavy atom. The first-order valence-electron chi connectivity index (χ1n) is 4.17. The largest absolute Gasteiger partial charge is 0.448 e. The van der Waals surface area contributed by atoms with Gasteiger partial charge in [-0.25, -0.2) is 4.79 Å². The minimum absolute atomic E-state index is 0.152. The molecule has 1 aromatic heterocycles. The molecule has 0 saturated heterocycles. The molecule has 1 N–H and O–H groups in total. The van der Waals surface area contributed by atoms with Gasteiger partial charge in [-0.15, -0.1) is 22.9 Å². The number of rotatable bonds is 3. The topological polar surface area (TPSA) is 62.1 Å². The van der Waals surface area contributed by atoms with Crippen LogP contribution in [-0.2, 0) is 4.74 Å². The maximum atomic E-state index is 11.2. The third kappa shape index (κ3) is 3.11. The van der Waals surface area contributed by atoms with E-state index < -0.39 is 6.09 Å². The van der Waals surface area contributed by atoms with E-state index >= 15 is 0 Å². The molecule has 0 saturated carbocycles. The van der Waals surface area contributed by atoms with Gasteiger partial charge in [-0.05, 0) is 17.9 Å². The Kier molecular flexibility index (Phi) is 4.40. The minimum Gasteiger partial charge on any atom is -0.448 e. The van der Waals surface area contributed by atoms with Crippen molar-refractivity contribution in [3.05, 3.63) is 16.5 Å². The fraction of sp³-hybridized carbons (Fsp3) is 0.333. The van der Waals surface area contributed by atoms with E-state index in [2.05, 4.69) is 5.32 Å². The van der Waals surface area contributed by atoms with Crippen LogP contribution in [0.25, 0.3) is 0 Å². The maximum absolute atomic E-state index is 11.2. The number of nitrogens with zero attached hydrogens (tertiary/aromatic N) is 1. The molecule has 0 atom stereocenters. The number of halogens is 1. The predicted molar refractivity (Wildman–Crippen MR) is 59.5 cm³/mol. The number of carbonyl (C=O) groups excluding carboxylic acids is 1. The number of alkyl halides is 1. The SMILES string of the molecule is Cc1csc(NC(=O)OCCCl)c1C#N. The molecule has 0 unspecified atom stereocenters. The number of hydrogen-bond donors (Lipinski definition) is 1. The molecule has 0 aliphatic rings. The molecule has 0 aliphatic heterocycles. The Labute approximate surface area is 96.4 Å². The summed E-state index contributed by atoms with van der Waals surface area (Å²) in [6.07, 6.45) is -0.589. The Morgan fingerprint density at radius 1 is 1.80 bits per heavy atom. The Bertz CT molecular complexity index is 397. The van der Waals surface area contributed by atoms with Gasteiger partial charge in [-0.2, -0.15) is 5.26 Å². The first-order chi connectivity index (χ1) is 7.19. The number of anilines is 1. The number of nitriles is 1. The van der Waals surface area contributed by atoms with Crippen LogP contribution < -0.4 is 5.32 Å². The number of hydrogen-bond acceptors (Lipinski definition) is 4. The monoisotopic (exact) mass is 244 g/mol. The summed E-state index contributed by atoms with van der Waals surface area (Å²) in [5, 5.41) is 13.6. The smallest absolute Gasteiger partial charge is 0.412 e. The summed E-state index contributed by atoms with van der Waals surface area (Å²) in [7, 11) is 0. The van der Waals surface area contributed by atoms with E-state index in [0.717, 1.165) is 5.56 Å². The predicted octanol–water partition coefficient (Wildman–Crippen LogP) is 2.72. The molecular weight excluding hydrogens is 236 g/mol. The van der Waals surface area contributed by atoms with Crippen LogP contribution >= 0.6 is 22.9 Å². The van der Waals surface area contributed by atoms with Crippen LogP contribution in [0.2, 0.25) is 0 Å². The van der Waals surface area contributed by atoms with Crippen LogP contribution in [0.4, 0.5) is 9.80 Å². The van der Waals surface area contributed by atoms with E-state index in [1.807, 2.05) is 13.0 Å². The van der Waals surface area contributed by atoms with Crippen molar-refractivity contribution >= 4 is 34.0 Å². The summed E-state index contributed by atoms with van der Waals surface area (Å²) < 4.78 is 4.72. The maximum Gasteiger partial charge on any atom is 0.412 e. The van der Waals surface area contributed by atoms with Crippen molar-refractivity contribution in [1.29, 1.82) is 5.26 Å². The third-order valence-electron chi connectivity index (χ3n) is 1.61. The summed E-state index contributed by atoms with van der Waals surface area (Å²) in [6, 6.07) is 2.02. The lowest BCUT2D eigenvalue weighted by molar-refractivity contribution is 0.168. The van der Waals surface area contributed by atoms with E-state index in [-0.39, 0.29) is 12.5 Å². The molecule has 6 heteroatoms. The molecule has 1 heterocycles. The molecule has 0 radical (unpaired) electrons. The molecule has 4 nitrogen and oxygen atoms in total. The Morgan fingerprint density at radius 3 is 3.13 bits per heavy atom. The van der Waals surface area contributed by atoms with Crippen molar-refractivity contribution in [2.24, 2.45) is 0 Å². The van der Waals surface area contributed by atoms with E-state index in [4.69, 9.17) is 21.6 Å². The van der Waals surface area contributed by atoms with Crippen molar-refractivity contribution in [1.82, 2.24) is 0 Å². The van der Waals surface area contributed by atoms with Gasteiger partial charge in [0.1, 0.15) is 17.7 Å². The van der Waals surface area contributed by atoms with Crippen molar-refractivity contribution in [3.63, 3.8) is 0 Å². The van der Waals surface area contributed by atoms with Crippen LogP contribution in [0, 0.1) is 18.3 Å². The molecule has 0 aliphatic carbocycles. The van der Waals surface area contributed by atoms with Crippen molar-refractivity contribution < 1.29 is 9.53 Å². The number of carbonyl (C=O) groups is 1. The number of nitrogens with one attached hydrogen (secondary N) is 1. The van der Waals surface area contributed by atoms with Crippen LogP contribution in [0.1, 0.15) is 11.1 Å². The summed E-state index contributed by atoms with van der Waals surface area (Å²) in [5.41, 5.74) is 1.32. The highest BCUT2D eigenvalue weighted by molar-refractivity contribution is 7.14. The van der Waals surface area contributed by atoms with Gasteiger partial charge in [0.25, 0.3) is 0 Å². The van der Waals surface area contributed by atoms with Crippen molar-refractivity contribution in [2.45, 2.75) is 6.92 Å². The van der Waals surface area contributed by atoms with Gasteiger partial charge in [0.05, 0.1) is 11.4 Å². The molecule has 0 bridgehead atoms. The molecule has 0 aromatic carbocycles. The minimum atomic E-state index is -0.589. The fourth-order valence-electron chi connectivity index (χ4n) is 0.935. The van der Waals surface area contributed by atoms with Gasteiger partial charge in [0.2, 0.25) is 0 Å². The normalized spacial score (nSPS) is 9.40. The van der Waals surface area contributed by atoms with Crippen molar-refractivity contribution in [2.75, 3.05) is 17.8 Å². The van der Waals surface area contributed by atoms with Gasteiger partial charge in [-0.1, -0.05) is 0 Å². The lowest BCUT2D eigenvalue weighted by atomic mass is 10.2. The average Bonchev–Trinajstić information content (AvgIpc) is 2.56. The summed E-state index contributed by atoms with van der Waals surface area (Å²) >= 11 is 6.65. The first-order valence-corrected chi connectivity index (χ1v) is 5.58. The lowest BCUT2D eigenvalue weighted by Gasteiger charge is -2.03. The van der Waals surface area contributed by atoms with Crippen LogP contribution in [0.3, 0.4) is 0 Å². The zero-order chi connectivity index (χ0) is 11.3. The van der Waals surface area contributed by atoms with Crippen LogP contribution in [0.15, 0.2) is 5.38 Å². The summed E-state index contributed by atoms with van der Waals surface area (Å²) in [5.74, 6) is 0.252. The van der Waals surface area contributed by atoms with Gasteiger partial charge < -0.3 is 4.74 Å². The van der Waals surface area contributed by atoms with Crippen molar-refractivity contribution in [3.8, 4) is 6.07 Å². The number of ether oxygens (including phenoxy) is 1. The van der Waals surface area contributed by atoms with Gasteiger partial charge in [0, 0.05) is 0 Å². The summed E-state index contributed by atoms with van der Waals surface area (Å²) in [6.45, 7) is 1.96. The molecule has 15 heavy (non-hydrogen) atoms. The zero-order valence-electron chi connectivity index (χ0n) is 8.04. The first kappa shape index (κ1) is 11.8. The van der Waals surface area contributed by atoms with E-state index in [1.54, 1.807) is 5.38 Å². The fourth-order valence-corrected chi connectivity index (χ4v) is 1.89. The zero-order valence-corrected chi connectivity index (χ0v) is 9.61. The Balaban J connectivity index is 2.65. The standard InChI is InChI=1S/C9H9ClN2O2S/c1-6-5-15-8(7(6)4-11)12-9(13)14-3-2-10/h5H,2-3H2,1H3,(H,12,13). The second-order valence-electron chi connectivity index (χ2n) is 2.68. The van der Waals surface area contributed by atoms with Gasteiger partial charge in [-0.3, -0.25) is 5.32 Å². The van der Waals surface area contributed by atoms with E-state index in [0.29, 0.717) is 10.6 Å². The highest BCUT2D eigenvalue weighted by Crippen LogP contribution is 2.26. The van der Waals surface area contributed by atoms with Gasteiger partial charge in [0.15, 0.2) is 0 Å². The third-order valence-corrected chi connectivity index (χ3v) is 2.78. The lowest BCUT2D eigenvalue weighted by Crippen LogP contribution is -2.14. The van der Waals surface area contributed by atoms with E-state index in [9.17, 15) is 4.79 Å². The Hall–Kier alpha value is -1.25. The second kappa shape index (κ2) is 5.59. The van der Waals surface area contributed by atoms with Gasteiger partial charge >= 0.3 is 6.09 Å². The molecule has 0 fully saturated rings. The van der Waals surface area contributed by atoms with Crippen LogP contribution in [0.5, 0.6) is 0 Å². The number of aryl methyl sites for hydroxylation is 1. The number of amides is 1. The molecule has 1 aromatic rings. The number of thiophene rings is 1. The molecule has 1 rings (SSSR count). The van der Waals surface area contributed by atoms with E-state index in [1.165, 1.54) is 11.3 Å². The molecular formula is C9H9ClN2O2S. The summed E-state index contributed by atoms with van der Waals surface area (Å²) in [4.78, 5) is 11.2. The molecule has 80 valence electrons. The molecule has 1 amide bonds. The highest BCUT2D eigenvalue weighted by Gasteiger charge is 2.11. The second-order valence-corrected chi connectivity index (χ2v) is 3.94.